The molecule has 0 N–H and O–H groups in total. The minimum Gasteiger partial charge on any atom is -0.441 e. The number of carbonyl (C=O) groups is 3. The van der Waals surface area contributed by atoms with E-state index in [1.807, 2.05) is 0 Å². The number of carbonyl (C=O) groups excluding carboxylic acids is 3. The lowest BCUT2D eigenvalue weighted by atomic mass is 10.2. The summed E-state index contributed by atoms with van der Waals surface area (Å²) in [7, 11) is 0. The van der Waals surface area contributed by atoms with Crippen LogP contribution in [0.4, 0.5) is 0 Å². The molecule has 6 heteroatoms. The van der Waals surface area contributed by atoms with Crippen molar-refractivity contribution in [3.05, 3.63) is 24.4 Å². The summed E-state index contributed by atoms with van der Waals surface area (Å²) in [5.74, 6) is -2.26. The molecule has 6 nitrogen and oxygen atoms in total. The molecule has 0 aromatic heterocycles. The standard InChI is InChI=1S/C9H5NO5/c11-5-3-4-10-9-8(5)14-6(12)1-2-7(13)15-9/h1-4,8H/b2-1-. The van der Waals surface area contributed by atoms with Crippen LogP contribution in [0.25, 0.3) is 0 Å². The van der Waals surface area contributed by atoms with Gasteiger partial charge in [-0.25, -0.2) is 14.6 Å². The molecule has 0 aromatic rings. The Kier molecular flexibility index (Phi) is 2.17. The van der Waals surface area contributed by atoms with E-state index in [4.69, 9.17) is 4.74 Å². The van der Waals surface area contributed by atoms with Crippen LogP contribution in [0.3, 0.4) is 0 Å². The van der Waals surface area contributed by atoms with Gasteiger partial charge < -0.3 is 9.47 Å². The van der Waals surface area contributed by atoms with E-state index in [9.17, 15) is 14.4 Å². The van der Waals surface area contributed by atoms with Gasteiger partial charge >= 0.3 is 11.9 Å². The van der Waals surface area contributed by atoms with Gasteiger partial charge in [0.15, 0.2) is 0 Å². The summed E-state index contributed by atoms with van der Waals surface area (Å²) in [6.45, 7) is 0. The van der Waals surface area contributed by atoms with Crippen molar-refractivity contribution in [3.63, 3.8) is 0 Å². The third kappa shape index (κ3) is 1.83. The molecule has 0 bridgehead atoms. The molecule has 0 aromatic carbocycles. The number of ether oxygens (including phenoxy) is 2. The van der Waals surface area contributed by atoms with Crippen LogP contribution in [-0.4, -0.2) is 29.7 Å². The van der Waals surface area contributed by atoms with Gasteiger partial charge in [-0.2, -0.15) is 0 Å². The number of aliphatic imine (C=N–C) groups is 1. The maximum atomic E-state index is 11.3. The average Bonchev–Trinajstić information content (AvgIpc) is 2.18. The molecule has 2 aliphatic heterocycles. The van der Waals surface area contributed by atoms with Gasteiger partial charge in [-0.1, -0.05) is 0 Å². The first-order valence-electron chi connectivity index (χ1n) is 4.05. The number of nitrogens with zero attached hydrogens (tertiary/aromatic N) is 1. The predicted octanol–water partition coefficient (Wildman–Crippen LogP) is -0.494. The second-order valence-corrected chi connectivity index (χ2v) is 2.76. The minimum atomic E-state index is -1.25. The average molecular weight is 207 g/mol. The second kappa shape index (κ2) is 3.49. The minimum absolute atomic E-state index is 0.217. The number of fused-ring (bicyclic) bond motifs is 1. The van der Waals surface area contributed by atoms with Crippen molar-refractivity contribution < 1.29 is 23.9 Å². The van der Waals surface area contributed by atoms with Crippen LogP contribution in [0.5, 0.6) is 0 Å². The van der Waals surface area contributed by atoms with Gasteiger partial charge in [-0.3, -0.25) is 4.79 Å². The van der Waals surface area contributed by atoms with Crippen LogP contribution in [0.2, 0.25) is 0 Å². The maximum Gasteiger partial charge on any atom is 0.337 e. The summed E-state index contributed by atoms with van der Waals surface area (Å²) < 4.78 is 9.41. The van der Waals surface area contributed by atoms with Gasteiger partial charge in [0.05, 0.1) is 0 Å². The highest BCUT2D eigenvalue weighted by atomic mass is 16.6. The molecule has 2 aliphatic rings. The molecule has 0 spiro atoms. The van der Waals surface area contributed by atoms with Crippen molar-refractivity contribution in [2.24, 2.45) is 4.99 Å². The Bertz CT molecular complexity index is 432. The van der Waals surface area contributed by atoms with E-state index in [0.717, 1.165) is 18.2 Å². The topological polar surface area (TPSA) is 82.0 Å². The van der Waals surface area contributed by atoms with E-state index in [2.05, 4.69) is 9.73 Å². The van der Waals surface area contributed by atoms with E-state index in [0.29, 0.717) is 0 Å². The molecule has 2 rings (SSSR count). The van der Waals surface area contributed by atoms with Crippen molar-refractivity contribution in [1.29, 1.82) is 0 Å². The lowest BCUT2D eigenvalue weighted by Gasteiger charge is -2.18. The zero-order valence-electron chi connectivity index (χ0n) is 7.38. The van der Waals surface area contributed by atoms with Crippen molar-refractivity contribution in [3.8, 4) is 0 Å². The first-order valence-corrected chi connectivity index (χ1v) is 4.05. The normalized spacial score (nSPS) is 26.8. The summed E-state index contributed by atoms with van der Waals surface area (Å²) in [4.78, 5) is 37.0. The first-order chi connectivity index (χ1) is 7.16. The van der Waals surface area contributed by atoms with Gasteiger partial charge in [-0.15, -0.1) is 0 Å². The highest BCUT2D eigenvalue weighted by Crippen LogP contribution is 2.10. The van der Waals surface area contributed by atoms with Gasteiger partial charge in [0.2, 0.25) is 17.8 Å². The second-order valence-electron chi connectivity index (χ2n) is 2.76. The number of esters is 2. The lowest BCUT2D eigenvalue weighted by molar-refractivity contribution is -0.148. The van der Waals surface area contributed by atoms with E-state index < -0.39 is 23.8 Å². The summed E-state index contributed by atoms with van der Waals surface area (Å²) in [5, 5.41) is 0. The van der Waals surface area contributed by atoms with Crippen LogP contribution in [0, 0.1) is 0 Å². The quantitative estimate of drug-likeness (QED) is 0.500. The Hall–Kier alpha value is -2.24. The Morgan fingerprint density at radius 1 is 1.07 bits per heavy atom. The molecule has 1 unspecified atom stereocenters. The molecule has 0 aliphatic carbocycles. The molecule has 1 atom stereocenters. The maximum absolute atomic E-state index is 11.3. The highest BCUT2D eigenvalue weighted by molar-refractivity contribution is 6.16. The van der Waals surface area contributed by atoms with Crippen molar-refractivity contribution >= 4 is 23.6 Å². The third-order valence-electron chi connectivity index (χ3n) is 1.72. The summed E-state index contributed by atoms with van der Waals surface area (Å²) in [5.41, 5.74) is 0. The van der Waals surface area contributed by atoms with E-state index in [1.165, 1.54) is 6.20 Å². The van der Waals surface area contributed by atoms with Crippen molar-refractivity contribution in [1.82, 2.24) is 0 Å². The summed E-state index contributed by atoms with van der Waals surface area (Å²) >= 11 is 0. The molecule has 76 valence electrons. The third-order valence-corrected chi connectivity index (χ3v) is 1.72. The zero-order chi connectivity index (χ0) is 10.8. The monoisotopic (exact) mass is 207 g/mol. The van der Waals surface area contributed by atoms with E-state index in [1.54, 1.807) is 0 Å². The van der Waals surface area contributed by atoms with Gasteiger partial charge in [0, 0.05) is 24.4 Å². The summed E-state index contributed by atoms with van der Waals surface area (Å²) in [6, 6.07) is 0. The van der Waals surface area contributed by atoms with Gasteiger partial charge in [-0.05, 0) is 0 Å². The van der Waals surface area contributed by atoms with Crippen LogP contribution in [0.1, 0.15) is 0 Å². The SMILES string of the molecule is O=C1/C=C\C(=O)OC2C(=O)C=CN=C2O1. The highest BCUT2D eigenvalue weighted by Gasteiger charge is 2.32. The first kappa shape index (κ1) is 9.32. The fraction of sp³-hybridized carbons (Fsp3) is 0.111. The van der Waals surface area contributed by atoms with E-state index in [-0.39, 0.29) is 5.90 Å². The molecular formula is C9H5NO5. The molecule has 15 heavy (non-hydrogen) atoms. The molecule has 0 fully saturated rings. The Morgan fingerprint density at radius 3 is 2.60 bits per heavy atom. The number of hydrogen-bond donors (Lipinski definition) is 0. The number of rotatable bonds is 0. The van der Waals surface area contributed by atoms with Crippen LogP contribution >= 0.6 is 0 Å². The smallest absolute Gasteiger partial charge is 0.337 e. The van der Waals surface area contributed by atoms with Crippen LogP contribution in [0.15, 0.2) is 29.4 Å². The Morgan fingerprint density at radius 2 is 1.80 bits per heavy atom. The molecule has 0 radical (unpaired) electrons. The van der Waals surface area contributed by atoms with Crippen LogP contribution < -0.4 is 0 Å². The fourth-order valence-electron chi connectivity index (χ4n) is 1.08. The van der Waals surface area contributed by atoms with Gasteiger partial charge in [0.25, 0.3) is 0 Å². The van der Waals surface area contributed by atoms with Crippen LogP contribution in [-0.2, 0) is 23.9 Å². The molecule has 0 saturated heterocycles. The fourth-order valence-corrected chi connectivity index (χ4v) is 1.08. The molecule has 0 saturated carbocycles. The number of hydrogen-bond acceptors (Lipinski definition) is 6. The Labute approximate surface area is 83.9 Å². The van der Waals surface area contributed by atoms with Crippen molar-refractivity contribution in [2.75, 3.05) is 0 Å². The number of ketones is 1. The molecule has 2 heterocycles. The lowest BCUT2D eigenvalue weighted by Crippen LogP contribution is -2.38. The van der Waals surface area contributed by atoms with Crippen molar-refractivity contribution in [2.45, 2.75) is 6.10 Å². The largest absolute Gasteiger partial charge is 0.441 e. The van der Waals surface area contributed by atoms with E-state index >= 15 is 0 Å². The zero-order valence-corrected chi connectivity index (χ0v) is 7.38. The molecular weight excluding hydrogens is 202 g/mol. The Balaban J connectivity index is 2.36. The summed E-state index contributed by atoms with van der Waals surface area (Å²) in [6.07, 6.45) is 2.87. The molecule has 0 amide bonds. The van der Waals surface area contributed by atoms with Gasteiger partial charge in [0.1, 0.15) is 0 Å². The predicted molar refractivity (Wildman–Crippen MR) is 46.7 cm³/mol.